The summed E-state index contributed by atoms with van der Waals surface area (Å²) in [5.41, 5.74) is 1.64. The van der Waals surface area contributed by atoms with Gasteiger partial charge in [0.2, 0.25) is 5.78 Å². The van der Waals surface area contributed by atoms with Crippen LogP contribution >= 0.6 is 0 Å². The van der Waals surface area contributed by atoms with Crippen molar-refractivity contribution in [1.29, 1.82) is 0 Å². The zero-order chi connectivity index (χ0) is 19.5. The zero-order valence-corrected chi connectivity index (χ0v) is 14.7. The molecule has 4 nitrogen and oxygen atoms in total. The summed E-state index contributed by atoms with van der Waals surface area (Å²) < 4.78 is 24.2. The van der Waals surface area contributed by atoms with E-state index in [4.69, 9.17) is 9.47 Å². The highest BCUT2D eigenvalue weighted by Gasteiger charge is 2.27. The van der Waals surface area contributed by atoms with Gasteiger partial charge < -0.3 is 9.47 Å². The summed E-state index contributed by atoms with van der Waals surface area (Å²) >= 11 is 0. The lowest BCUT2D eigenvalue weighted by Gasteiger charge is -2.06. The van der Waals surface area contributed by atoms with Crippen molar-refractivity contribution in [2.45, 2.75) is 0 Å². The highest BCUT2D eigenvalue weighted by molar-refractivity contribution is 6.14. The van der Waals surface area contributed by atoms with Crippen molar-refractivity contribution in [1.82, 2.24) is 0 Å². The first-order valence-electron chi connectivity index (χ1n) is 8.65. The molecule has 0 bridgehead atoms. The van der Waals surface area contributed by atoms with Gasteiger partial charge in [-0.2, -0.15) is 0 Å². The Hall–Kier alpha value is -3.73. The molecule has 138 valence electrons. The fourth-order valence-electron chi connectivity index (χ4n) is 2.82. The number of hydrogen-bond donors (Lipinski definition) is 0. The molecular weight excluding hydrogens is 359 g/mol. The number of ether oxygens (including phenoxy) is 2. The molecule has 3 aromatic carbocycles. The summed E-state index contributed by atoms with van der Waals surface area (Å²) in [5, 5.41) is 0. The van der Waals surface area contributed by atoms with Gasteiger partial charge in [-0.3, -0.25) is 9.59 Å². The SMILES string of the molecule is O=C(COc1ccc2c(c1)OC(=Cc1ccc(F)cc1)C2=O)c1ccccc1. The van der Waals surface area contributed by atoms with Crippen molar-refractivity contribution in [3.05, 3.63) is 101 Å². The number of halogens is 1. The molecule has 1 heterocycles. The number of Topliss-reactive ketones (excluding diaryl/α,β-unsaturated/α-hetero) is 2. The number of carbonyl (C=O) groups excluding carboxylic acids is 2. The van der Waals surface area contributed by atoms with Crippen molar-refractivity contribution in [2.24, 2.45) is 0 Å². The van der Waals surface area contributed by atoms with Crippen LogP contribution in [0.5, 0.6) is 11.5 Å². The first kappa shape index (κ1) is 17.7. The summed E-state index contributed by atoms with van der Waals surface area (Å²) in [6.45, 7) is -0.116. The van der Waals surface area contributed by atoms with Gasteiger partial charge in [0.15, 0.2) is 18.1 Å². The van der Waals surface area contributed by atoms with Crippen molar-refractivity contribution in [2.75, 3.05) is 6.61 Å². The number of allylic oxidation sites excluding steroid dienone is 1. The van der Waals surface area contributed by atoms with Gasteiger partial charge in [0.1, 0.15) is 17.3 Å². The van der Waals surface area contributed by atoms with Gasteiger partial charge in [-0.25, -0.2) is 4.39 Å². The van der Waals surface area contributed by atoms with E-state index in [1.165, 1.54) is 12.1 Å². The van der Waals surface area contributed by atoms with E-state index >= 15 is 0 Å². The third-order valence-corrected chi connectivity index (χ3v) is 4.27. The Labute approximate surface area is 160 Å². The third-order valence-electron chi connectivity index (χ3n) is 4.27. The maximum atomic E-state index is 13.0. The topological polar surface area (TPSA) is 52.6 Å². The molecule has 1 aliphatic rings. The zero-order valence-electron chi connectivity index (χ0n) is 14.7. The van der Waals surface area contributed by atoms with Crippen molar-refractivity contribution >= 4 is 17.6 Å². The molecule has 3 aromatic rings. The maximum absolute atomic E-state index is 13.0. The van der Waals surface area contributed by atoms with Crippen molar-refractivity contribution in [3.63, 3.8) is 0 Å². The Morgan fingerprint density at radius 2 is 1.75 bits per heavy atom. The molecule has 5 heteroatoms. The van der Waals surface area contributed by atoms with E-state index < -0.39 is 0 Å². The molecule has 0 amide bonds. The smallest absolute Gasteiger partial charge is 0.231 e. The van der Waals surface area contributed by atoms with Crippen LogP contribution in [0.2, 0.25) is 0 Å². The third kappa shape index (κ3) is 3.69. The minimum Gasteiger partial charge on any atom is -0.485 e. The predicted molar refractivity (Wildman–Crippen MR) is 102 cm³/mol. The number of benzene rings is 3. The Morgan fingerprint density at radius 3 is 2.50 bits per heavy atom. The number of rotatable bonds is 5. The second-order valence-corrected chi connectivity index (χ2v) is 6.23. The van der Waals surface area contributed by atoms with Crippen LogP contribution in [0.15, 0.2) is 78.6 Å². The van der Waals surface area contributed by atoms with Crippen LogP contribution in [0.3, 0.4) is 0 Å². The first-order valence-corrected chi connectivity index (χ1v) is 8.65. The standard InChI is InChI=1S/C23H15FO4/c24-17-8-6-15(7-9-17)12-22-23(26)19-11-10-18(13-21(19)28-22)27-14-20(25)16-4-2-1-3-5-16/h1-13H,14H2. The lowest BCUT2D eigenvalue weighted by atomic mass is 10.1. The van der Waals surface area contributed by atoms with E-state index in [1.54, 1.807) is 60.7 Å². The molecule has 0 spiro atoms. The van der Waals surface area contributed by atoms with Crippen molar-refractivity contribution < 1.29 is 23.5 Å². The van der Waals surface area contributed by atoms with Crippen LogP contribution in [-0.4, -0.2) is 18.2 Å². The fourth-order valence-corrected chi connectivity index (χ4v) is 2.82. The van der Waals surface area contributed by atoms with Crippen LogP contribution in [0.4, 0.5) is 4.39 Å². The van der Waals surface area contributed by atoms with Crippen LogP contribution in [0.1, 0.15) is 26.3 Å². The Kier molecular flexibility index (Phi) is 4.72. The Morgan fingerprint density at radius 1 is 1.00 bits per heavy atom. The molecule has 0 unspecified atom stereocenters. The second kappa shape index (κ2) is 7.48. The lowest BCUT2D eigenvalue weighted by Crippen LogP contribution is -2.11. The quantitative estimate of drug-likeness (QED) is 0.480. The average molecular weight is 374 g/mol. The van der Waals surface area contributed by atoms with E-state index in [0.29, 0.717) is 28.2 Å². The highest BCUT2D eigenvalue weighted by atomic mass is 19.1. The molecule has 0 aromatic heterocycles. The van der Waals surface area contributed by atoms with Gasteiger partial charge in [-0.15, -0.1) is 0 Å². The molecule has 0 saturated carbocycles. The molecule has 0 aliphatic carbocycles. The molecule has 28 heavy (non-hydrogen) atoms. The monoisotopic (exact) mass is 374 g/mol. The molecule has 4 rings (SSSR count). The molecular formula is C23H15FO4. The molecule has 0 N–H and O–H groups in total. The van der Waals surface area contributed by atoms with Crippen LogP contribution in [0.25, 0.3) is 6.08 Å². The minimum atomic E-state index is -0.351. The van der Waals surface area contributed by atoms with Gasteiger partial charge in [0.25, 0.3) is 0 Å². The minimum absolute atomic E-state index is 0.116. The number of ketones is 2. The van der Waals surface area contributed by atoms with Crippen molar-refractivity contribution in [3.8, 4) is 11.5 Å². The number of fused-ring (bicyclic) bond motifs is 1. The van der Waals surface area contributed by atoms with Gasteiger partial charge in [-0.1, -0.05) is 42.5 Å². The summed E-state index contributed by atoms with van der Waals surface area (Å²) in [6, 6.07) is 19.4. The average Bonchev–Trinajstić information content (AvgIpc) is 3.03. The van der Waals surface area contributed by atoms with Gasteiger partial charge >= 0.3 is 0 Å². The van der Waals surface area contributed by atoms with Gasteiger partial charge in [0, 0.05) is 11.6 Å². The summed E-state index contributed by atoms with van der Waals surface area (Å²) in [6.07, 6.45) is 1.56. The van der Waals surface area contributed by atoms with Gasteiger partial charge in [0.05, 0.1) is 5.56 Å². The summed E-state index contributed by atoms with van der Waals surface area (Å²) in [5.74, 6) is 0.193. The van der Waals surface area contributed by atoms with Crippen LogP contribution in [0, 0.1) is 5.82 Å². The van der Waals surface area contributed by atoms with E-state index in [-0.39, 0.29) is 29.7 Å². The Balaban J connectivity index is 1.48. The van der Waals surface area contributed by atoms with Gasteiger partial charge in [-0.05, 0) is 35.9 Å². The Bertz CT molecular complexity index is 1070. The molecule has 0 radical (unpaired) electrons. The largest absolute Gasteiger partial charge is 0.485 e. The highest BCUT2D eigenvalue weighted by Crippen LogP contribution is 2.34. The fraction of sp³-hybridized carbons (Fsp3) is 0.0435. The summed E-state index contributed by atoms with van der Waals surface area (Å²) in [4.78, 5) is 24.6. The first-order chi connectivity index (χ1) is 13.6. The number of carbonyl (C=O) groups is 2. The molecule has 1 aliphatic heterocycles. The number of hydrogen-bond acceptors (Lipinski definition) is 4. The predicted octanol–water partition coefficient (Wildman–Crippen LogP) is 4.70. The van der Waals surface area contributed by atoms with E-state index in [0.717, 1.165) is 0 Å². The van der Waals surface area contributed by atoms with E-state index in [2.05, 4.69) is 0 Å². The van der Waals surface area contributed by atoms with Crippen LogP contribution < -0.4 is 9.47 Å². The molecule has 0 fully saturated rings. The molecule has 0 atom stereocenters. The molecule has 0 saturated heterocycles. The second-order valence-electron chi connectivity index (χ2n) is 6.23. The van der Waals surface area contributed by atoms with Crippen LogP contribution in [-0.2, 0) is 0 Å². The van der Waals surface area contributed by atoms with E-state index in [9.17, 15) is 14.0 Å². The normalized spacial score (nSPS) is 13.9. The summed E-state index contributed by atoms with van der Waals surface area (Å²) in [7, 11) is 0. The van der Waals surface area contributed by atoms with E-state index in [1.807, 2.05) is 6.07 Å². The maximum Gasteiger partial charge on any atom is 0.231 e. The lowest BCUT2D eigenvalue weighted by molar-refractivity contribution is 0.0921.